The number of aryl methyl sites for hydroxylation is 1. The fourth-order valence-electron chi connectivity index (χ4n) is 6.07. The van der Waals surface area contributed by atoms with E-state index >= 15 is 0 Å². The van der Waals surface area contributed by atoms with Crippen LogP contribution >= 0.6 is 11.3 Å². The van der Waals surface area contributed by atoms with Crippen LogP contribution in [0.5, 0.6) is 0 Å². The van der Waals surface area contributed by atoms with Crippen molar-refractivity contribution < 1.29 is 42.4 Å². The summed E-state index contributed by atoms with van der Waals surface area (Å²) in [5.41, 5.74) is -2.60. The molecule has 2 aliphatic heterocycles. The van der Waals surface area contributed by atoms with Gasteiger partial charge < -0.3 is 19.7 Å². The van der Waals surface area contributed by atoms with Crippen LogP contribution in [-0.2, 0) is 19.1 Å². The topological polar surface area (TPSA) is 109 Å². The Balaban J connectivity index is 1.67. The summed E-state index contributed by atoms with van der Waals surface area (Å²) < 4.78 is 54.1. The second-order valence-electron chi connectivity index (χ2n) is 12.2. The molecule has 2 saturated heterocycles. The number of hydrogen-bond donors (Lipinski definition) is 2. The molecule has 39 heavy (non-hydrogen) atoms. The van der Waals surface area contributed by atoms with Crippen molar-refractivity contribution in [2.45, 2.75) is 103 Å². The van der Waals surface area contributed by atoms with Gasteiger partial charge in [-0.1, -0.05) is 27.7 Å². The van der Waals surface area contributed by atoms with Crippen LogP contribution in [-0.4, -0.2) is 63.1 Å². The molecule has 4 unspecified atom stereocenters. The number of carbonyl (C=O) groups is 2. The van der Waals surface area contributed by atoms with Crippen LogP contribution in [0.4, 0.5) is 13.2 Å². The van der Waals surface area contributed by atoms with Crippen LogP contribution in [0.25, 0.3) is 6.08 Å². The SMILES string of the molecule is CC(=Cc1csc(C)n1)[C@@H]1CC2OC2(C(F)(F)F)CC2CC2[C@H](C)[C@H](O)[C@@H](C)C(=O)C(C)(C)[C@@H](O)CC(=O)O1. The first-order valence-corrected chi connectivity index (χ1v) is 14.3. The number of epoxide rings is 1. The molecule has 4 rings (SSSR count). The summed E-state index contributed by atoms with van der Waals surface area (Å²) in [7, 11) is 0. The zero-order valence-electron chi connectivity index (χ0n) is 23.1. The van der Waals surface area contributed by atoms with Crippen molar-refractivity contribution in [3.63, 3.8) is 0 Å². The minimum atomic E-state index is -4.63. The number of hydrogen-bond acceptors (Lipinski definition) is 8. The summed E-state index contributed by atoms with van der Waals surface area (Å²) in [5.74, 6) is -3.05. The Morgan fingerprint density at radius 3 is 2.46 bits per heavy atom. The molecule has 3 fully saturated rings. The molecule has 2 N–H and O–H groups in total. The van der Waals surface area contributed by atoms with Gasteiger partial charge in [-0.25, -0.2) is 4.98 Å². The molecule has 7 nitrogen and oxygen atoms in total. The Hall–Kier alpha value is -1.82. The summed E-state index contributed by atoms with van der Waals surface area (Å²) in [5, 5.41) is 24.5. The predicted molar refractivity (Wildman–Crippen MR) is 139 cm³/mol. The van der Waals surface area contributed by atoms with Gasteiger partial charge in [0.2, 0.25) is 0 Å². The predicted octanol–water partition coefficient (Wildman–Crippen LogP) is 4.88. The van der Waals surface area contributed by atoms with E-state index < -0.39 is 71.6 Å². The number of esters is 1. The van der Waals surface area contributed by atoms with E-state index in [1.807, 2.05) is 6.92 Å². The second-order valence-corrected chi connectivity index (χ2v) is 13.3. The third-order valence-corrected chi connectivity index (χ3v) is 9.82. The number of nitrogens with zero attached hydrogens (tertiary/aromatic N) is 1. The first-order chi connectivity index (χ1) is 18.0. The van der Waals surface area contributed by atoms with Gasteiger partial charge in [0.15, 0.2) is 5.60 Å². The smallest absolute Gasteiger partial charge is 0.420 e. The highest BCUT2D eigenvalue weighted by Gasteiger charge is 2.74. The Kier molecular flexibility index (Phi) is 8.15. The zero-order chi connectivity index (χ0) is 29.1. The van der Waals surface area contributed by atoms with Crippen molar-refractivity contribution in [1.29, 1.82) is 0 Å². The average Bonchev–Trinajstić information content (AvgIpc) is 3.72. The molecule has 0 amide bonds. The van der Waals surface area contributed by atoms with Gasteiger partial charge in [-0.2, -0.15) is 13.2 Å². The van der Waals surface area contributed by atoms with E-state index in [-0.39, 0.29) is 24.7 Å². The number of carbonyl (C=O) groups excluding carboxylic acids is 2. The first kappa shape index (κ1) is 30.1. The third-order valence-electron chi connectivity index (χ3n) is 9.03. The summed E-state index contributed by atoms with van der Waals surface area (Å²) in [6.07, 6.45) is -8.19. The molecular weight excluding hydrogens is 535 g/mol. The number of rotatable bonds is 2. The van der Waals surface area contributed by atoms with Gasteiger partial charge in [-0.3, -0.25) is 9.59 Å². The second kappa shape index (κ2) is 10.5. The van der Waals surface area contributed by atoms with Gasteiger partial charge in [0.1, 0.15) is 18.0 Å². The lowest BCUT2D eigenvalue weighted by atomic mass is 9.72. The monoisotopic (exact) mass is 573 g/mol. The van der Waals surface area contributed by atoms with E-state index in [2.05, 4.69) is 4.98 Å². The number of thiazole rings is 1. The van der Waals surface area contributed by atoms with Crippen LogP contribution in [0.2, 0.25) is 0 Å². The maximum absolute atomic E-state index is 14.3. The maximum atomic E-state index is 14.3. The molecule has 3 heterocycles. The highest BCUT2D eigenvalue weighted by molar-refractivity contribution is 7.09. The summed E-state index contributed by atoms with van der Waals surface area (Å²) >= 11 is 1.42. The standard InChI is InChI=1S/C28H38F3NO6S/c1-13(7-18-12-39-16(4)32-18)20-9-22-27(38-22,28(29,30)31)11-17-8-19(17)14(2)24(35)15(3)25(36)26(5,6)21(33)10-23(34)37-20/h7,12,14-15,17,19-22,24,33,35H,8-11H2,1-6H3/t14-,15+,17?,19?,20-,21-,22?,24-,27?/m0/s1. The summed E-state index contributed by atoms with van der Waals surface area (Å²) in [6, 6.07) is 0. The number of Topliss-reactive ketones (excluding diaryl/α,β-unsaturated/α-hetero) is 1. The lowest BCUT2D eigenvalue weighted by molar-refractivity contribution is -0.187. The van der Waals surface area contributed by atoms with Crippen molar-refractivity contribution in [2.24, 2.45) is 29.1 Å². The van der Waals surface area contributed by atoms with Gasteiger partial charge >= 0.3 is 12.1 Å². The van der Waals surface area contributed by atoms with Crippen LogP contribution in [0.3, 0.4) is 0 Å². The molecule has 1 aromatic rings. The molecular formula is C28H38F3NO6S. The van der Waals surface area contributed by atoms with Crippen LogP contribution in [0.1, 0.15) is 71.0 Å². The van der Waals surface area contributed by atoms with Crippen molar-refractivity contribution in [2.75, 3.05) is 0 Å². The normalized spacial score (nSPS) is 39.9. The molecule has 9 atom stereocenters. The Labute approximate surface area is 230 Å². The highest BCUT2D eigenvalue weighted by Crippen LogP contribution is 2.61. The number of aliphatic hydroxyl groups excluding tert-OH is 2. The largest absolute Gasteiger partial charge is 0.458 e. The minimum Gasteiger partial charge on any atom is -0.458 e. The Morgan fingerprint density at radius 1 is 1.21 bits per heavy atom. The number of ether oxygens (including phenoxy) is 2. The number of aromatic nitrogens is 1. The lowest BCUT2D eigenvalue weighted by Gasteiger charge is -2.34. The summed E-state index contributed by atoms with van der Waals surface area (Å²) in [4.78, 5) is 30.6. The molecule has 0 spiro atoms. The van der Waals surface area contributed by atoms with Gasteiger partial charge in [0.25, 0.3) is 0 Å². The maximum Gasteiger partial charge on any atom is 0.420 e. The van der Waals surface area contributed by atoms with E-state index in [9.17, 15) is 33.0 Å². The van der Waals surface area contributed by atoms with Gasteiger partial charge in [-0.05, 0) is 56.1 Å². The molecule has 0 radical (unpaired) electrons. The quantitative estimate of drug-likeness (QED) is 0.384. The number of fused-ring (bicyclic) bond motifs is 2. The lowest BCUT2D eigenvalue weighted by Crippen LogP contribution is -2.46. The molecule has 3 aliphatic rings. The van der Waals surface area contributed by atoms with Gasteiger partial charge in [0.05, 0.1) is 34.7 Å². The van der Waals surface area contributed by atoms with E-state index in [0.29, 0.717) is 17.7 Å². The fourth-order valence-corrected chi connectivity index (χ4v) is 6.64. The van der Waals surface area contributed by atoms with Crippen molar-refractivity contribution in [3.8, 4) is 0 Å². The third kappa shape index (κ3) is 5.96. The van der Waals surface area contributed by atoms with Crippen LogP contribution < -0.4 is 0 Å². The van der Waals surface area contributed by atoms with Gasteiger partial charge in [0, 0.05) is 17.7 Å². The number of halogens is 3. The molecule has 1 aliphatic carbocycles. The van der Waals surface area contributed by atoms with E-state index in [4.69, 9.17) is 9.47 Å². The molecule has 0 aromatic carbocycles. The van der Waals surface area contributed by atoms with Gasteiger partial charge in [-0.15, -0.1) is 11.3 Å². The Morgan fingerprint density at radius 2 is 1.87 bits per heavy atom. The molecule has 11 heteroatoms. The Bertz CT molecular complexity index is 1130. The van der Waals surface area contributed by atoms with Crippen molar-refractivity contribution in [1.82, 2.24) is 4.98 Å². The number of aliphatic hydroxyl groups is 2. The number of ketones is 1. The molecule has 1 saturated carbocycles. The number of cyclic esters (lactones) is 1. The molecule has 0 bridgehead atoms. The zero-order valence-corrected chi connectivity index (χ0v) is 23.9. The van der Waals surface area contributed by atoms with Crippen LogP contribution in [0, 0.1) is 36.0 Å². The minimum absolute atomic E-state index is 0.177. The molecule has 1 aromatic heterocycles. The fraction of sp³-hybridized carbons (Fsp3) is 0.750. The highest BCUT2D eigenvalue weighted by atomic mass is 32.1. The molecule has 218 valence electrons. The van der Waals surface area contributed by atoms with Crippen molar-refractivity contribution in [3.05, 3.63) is 21.7 Å². The van der Waals surface area contributed by atoms with E-state index in [1.165, 1.54) is 25.2 Å². The number of alkyl halides is 3. The van der Waals surface area contributed by atoms with Crippen LogP contribution in [0.15, 0.2) is 11.0 Å². The summed E-state index contributed by atoms with van der Waals surface area (Å²) in [6.45, 7) is 9.83. The average molecular weight is 574 g/mol. The first-order valence-electron chi connectivity index (χ1n) is 13.4. The van der Waals surface area contributed by atoms with E-state index in [0.717, 1.165) is 5.01 Å². The van der Waals surface area contributed by atoms with E-state index in [1.54, 1.807) is 32.2 Å². The van der Waals surface area contributed by atoms with Crippen molar-refractivity contribution >= 4 is 29.2 Å².